The molecule has 0 aromatic carbocycles. The number of rotatable bonds is 13. The summed E-state index contributed by atoms with van der Waals surface area (Å²) in [5.74, 6) is 2.67. The van der Waals surface area contributed by atoms with E-state index in [0.717, 1.165) is 0 Å². The maximum absolute atomic E-state index is 6.93. The van der Waals surface area contributed by atoms with Crippen LogP contribution in [-0.4, -0.2) is 61.3 Å². The van der Waals surface area contributed by atoms with Crippen molar-refractivity contribution in [2.45, 2.75) is 77.0 Å². The van der Waals surface area contributed by atoms with Crippen LogP contribution in [0, 0.1) is 18.9 Å². The largest absolute Gasteiger partial charge is 0.365 e. The van der Waals surface area contributed by atoms with E-state index in [9.17, 15) is 0 Å². The molecule has 0 amide bonds. The number of alkyl halides is 1. The first-order valence-corrected chi connectivity index (χ1v) is 10.4. The minimum Gasteiger partial charge on any atom is -0.365 e. The van der Waals surface area contributed by atoms with Crippen molar-refractivity contribution >= 4 is 28.0 Å². The van der Waals surface area contributed by atoms with Crippen LogP contribution >= 0.6 is 20.1 Å². The highest BCUT2D eigenvalue weighted by Crippen LogP contribution is 2.46. The average molecular weight is 401 g/mol. The number of terminal acetylenes is 1. The molecular formula is C18H31BClN2O3P. The van der Waals surface area contributed by atoms with Crippen molar-refractivity contribution in [3.05, 3.63) is 11.4 Å². The van der Waals surface area contributed by atoms with Gasteiger partial charge in [0.1, 0.15) is 14.5 Å². The van der Waals surface area contributed by atoms with Gasteiger partial charge >= 0.3 is 0 Å². The lowest BCUT2D eigenvalue weighted by molar-refractivity contribution is -0.0524. The van der Waals surface area contributed by atoms with E-state index in [-0.39, 0.29) is 30.6 Å². The molecule has 0 saturated heterocycles. The first kappa shape index (κ1) is 25.7. The Bertz CT molecular complexity index is 474. The van der Waals surface area contributed by atoms with E-state index < -0.39 is 20.1 Å². The van der Waals surface area contributed by atoms with E-state index in [1.807, 2.05) is 6.92 Å². The minimum atomic E-state index is -1.39. The summed E-state index contributed by atoms with van der Waals surface area (Å²) in [5, 5.41) is -0.381. The van der Waals surface area contributed by atoms with Gasteiger partial charge in [-0.05, 0) is 41.0 Å². The molecular weight excluding hydrogens is 369 g/mol. The lowest BCUT2D eigenvalue weighted by atomic mass is 9.94. The lowest BCUT2D eigenvalue weighted by Gasteiger charge is -2.38. The van der Waals surface area contributed by atoms with Gasteiger partial charge in [0, 0.05) is 23.5 Å². The fourth-order valence-electron chi connectivity index (χ4n) is 2.22. The Morgan fingerprint density at radius 2 is 1.85 bits per heavy atom. The molecule has 0 bridgehead atoms. The SMILES string of the molecule is [B]C(O[C@](C#C)(CC)COP(OCC[N+]#[C-])N(C(C)C)C(C)C)[C@H](C)Cl. The van der Waals surface area contributed by atoms with Crippen molar-refractivity contribution in [3.8, 4) is 12.3 Å². The summed E-state index contributed by atoms with van der Waals surface area (Å²) < 4.78 is 20.0. The monoisotopic (exact) mass is 400 g/mol. The Morgan fingerprint density at radius 3 is 2.23 bits per heavy atom. The zero-order valence-corrected chi connectivity index (χ0v) is 18.4. The van der Waals surface area contributed by atoms with Gasteiger partial charge in [-0.25, -0.2) is 11.2 Å². The van der Waals surface area contributed by atoms with Gasteiger partial charge in [-0.2, -0.15) is 0 Å². The van der Waals surface area contributed by atoms with E-state index in [1.54, 1.807) is 6.92 Å². The summed E-state index contributed by atoms with van der Waals surface area (Å²) in [4.78, 5) is 3.33. The van der Waals surface area contributed by atoms with Crippen molar-refractivity contribution in [3.63, 3.8) is 0 Å². The minimum absolute atomic E-state index is 0.136. The molecule has 0 rings (SSSR count). The zero-order valence-electron chi connectivity index (χ0n) is 16.7. The summed E-state index contributed by atoms with van der Waals surface area (Å²) in [6.07, 6.45) is 6.25. The average Bonchev–Trinajstić information content (AvgIpc) is 2.57. The number of hydrogen-bond acceptors (Lipinski definition) is 4. The molecule has 5 nitrogen and oxygen atoms in total. The predicted molar refractivity (Wildman–Crippen MR) is 110 cm³/mol. The molecule has 0 spiro atoms. The molecule has 0 saturated carbocycles. The lowest BCUT2D eigenvalue weighted by Crippen LogP contribution is -2.43. The van der Waals surface area contributed by atoms with Gasteiger partial charge in [-0.3, -0.25) is 0 Å². The summed E-state index contributed by atoms with van der Waals surface area (Å²) in [5.41, 5.74) is -0.980. The standard InChI is InChI=1S/C18H31BClN2O3P/c1-9-18(10-2,25-17(19)16(7)20)13-24-26(23-12-11-21-8)22(14(3)4)15(5)6/h1,14-17H,10-13H2,2-7H3/t16-,17?,18+,26?/m0/s1. The number of nitrogens with zero attached hydrogens (tertiary/aromatic N) is 2. The Morgan fingerprint density at radius 1 is 1.27 bits per heavy atom. The molecule has 0 aromatic heterocycles. The van der Waals surface area contributed by atoms with Crippen molar-refractivity contribution in [2.24, 2.45) is 0 Å². The van der Waals surface area contributed by atoms with Crippen LogP contribution in [0.25, 0.3) is 4.85 Å². The van der Waals surface area contributed by atoms with Crippen LogP contribution in [0.15, 0.2) is 0 Å². The van der Waals surface area contributed by atoms with Crippen molar-refractivity contribution in [1.29, 1.82) is 0 Å². The first-order valence-electron chi connectivity index (χ1n) is 8.86. The molecule has 26 heavy (non-hydrogen) atoms. The van der Waals surface area contributed by atoms with Crippen LogP contribution in [-0.2, 0) is 13.8 Å². The number of hydrogen-bond donors (Lipinski definition) is 0. The summed E-state index contributed by atoms with van der Waals surface area (Å²) >= 11 is 6.01. The second-order valence-corrected chi connectivity index (χ2v) is 8.69. The molecule has 0 aliphatic heterocycles. The second kappa shape index (κ2) is 13.0. The molecule has 0 heterocycles. The van der Waals surface area contributed by atoms with E-state index >= 15 is 0 Å². The highest BCUT2D eigenvalue weighted by Gasteiger charge is 2.35. The van der Waals surface area contributed by atoms with Crippen LogP contribution < -0.4 is 0 Å². The normalized spacial score (nSPS) is 17.5. The van der Waals surface area contributed by atoms with Gasteiger partial charge in [-0.15, -0.1) is 18.0 Å². The maximum Gasteiger partial charge on any atom is 0.259 e. The molecule has 146 valence electrons. The fraction of sp³-hybridized carbons (Fsp3) is 0.833. The molecule has 0 aliphatic carbocycles. The quantitative estimate of drug-likeness (QED) is 0.116. The Kier molecular flexibility index (Phi) is 12.8. The Hall–Kier alpha value is -0.325. The van der Waals surface area contributed by atoms with Gasteiger partial charge in [-0.1, -0.05) is 12.8 Å². The van der Waals surface area contributed by atoms with Crippen LogP contribution in [0.2, 0.25) is 0 Å². The smallest absolute Gasteiger partial charge is 0.259 e. The van der Waals surface area contributed by atoms with Crippen LogP contribution in [0.1, 0.15) is 48.0 Å². The number of ether oxygens (including phenoxy) is 1. The fourth-order valence-corrected chi connectivity index (χ4v) is 3.92. The summed E-state index contributed by atoms with van der Waals surface area (Å²) in [6.45, 7) is 19.6. The van der Waals surface area contributed by atoms with Crippen LogP contribution in [0.5, 0.6) is 0 Å². The van der Waals surface area contributed by atoms with Crippen molar-refractivity contribution in [1.82, 2.24) is 4.67 Å². The van der Waals surface area contributed by atoms with Crippen LogP contribution in [0.4, 0.5) is 0 Å². The summed E-state index contributed by atoms with van der Waals surface area (Å²) in [7, 11) is 4.55. The summed E-state index contributed by atoms with van der Waals surface area (Å²) in [6, 6.07) is -0.277. The Balaban J connectivity index is 5.27. The highest BCUT2D eigenvalue weighted by atomic mass is 35.5. The zero-order chi connectivity index (χ0) is 20.3. The van der Waals surface area contributed by atoms with E-state index in [2.05, 4.69) is 43.1 Å². The van der Waals surface area contributed by atoms with Gasteiger partial charge in [0.15, 0.2) is 5.60 Å². The van der Waals surface area contributed by atoms with E-state index in [1.165, 1.54) is 0 Å². The van der Waals surface area contributed by atoms with E-state index in [0.29, 0.717) is 13.0 Å². The molecule has 0 N–H and O–H groups in total. The molecule has 0 aliphatic rings. The second-order valence-electron chi connectivity index (χ2n) is 6.55. The molecule has 2 unspecified atom stereocenters. The Labute approximate surface area is 167 Å². The van der Waals surface area contributed by atoms with Gasteiger partial charge in [0.2, 0.25) is 6.54 Å². The molecule has 8 heteroatoms. The van der Waals surface area contributed by atoms with E-state index in [4.69, 9.17) is 46.2 Å². The molecule has 2 radical (unpaired) electrons. The maximum atomic E-state index is 6.93. The van der Waals surface area contributed by atoms with Gasteiger partial charge in [0.05, 0.1) is 6.61 Å². The van der Waals surface area contributed by atoms with Crippen LogP contribution in [0.3, 0.4) is 0 Å². The van der Waals surface area contributed by atoms with Crippen molar-refractivity contribution < 1.29 is 13.8 Å². The third-order valence-corrected chi connectivity index (χ3v) is 6.01. The third kappa shape index (κ3) is 8.58. The van der Waals surface area contributed by atoms with Gasteiger partial charge in [0.25, 0.3) is 8.53 Å². The molecule has 0 fully saturated rings. The molecule has 0 aromatic rings. The van der Waals surface area contributed by atoms with Gasteiger partial charge < -0.3 is 18.6 Å². The topological polar surface area (TPSA) is 35.3 Å². The highest BCUT2D eigenvalue weighted by molar-refractivity contribution is 7.44. The third-order valence-electron chi connectivity index (χ3n) is 3.71. The predicted octanol–water partition coefficient (Wildman–Crippen LogP) is 4.21. The molecule has 4 atom stereocenters. The first-order chi connectivity index (χ1) is 12.1. The number of halogens is 1. The van der Waals surface area contributed by atoms with Crippen molar-refractivity contribution in [2.75, 3.05) is 19.8 Å².